The van der Waals surface area contributed by atoms with Gasteiger partial charge in [-0.05, 0) is 64.0 Å². The van der Waals surface area contributed by atoms with Crippen LogP contribution in [0.5, 0.6) is 0 Å². The van der Waals surface area contributed by atoms with Gasteiger partial charge >= 0.3 is 6.18 Å². The van der Waals surface area contributed by atoms with Gasteiger partial charge in [-0.2, -0.15) is 18.3 Å². The lowest BCUT2D eigenvalue weighted by Gasteiger charge is -2.35. The largest absolute Gasteiger partial charge is 0.391 e. The molecule has 2 aromatic heterocycles. The zero-order chi connectivity index (χ0) is 28.8. The normalized spacial score (nSPS) is 22.9. The van der Waals surface area contributed by atoms with Crippen LogP contribution in [-0.4, -0.2) is 69.6 Å². The molecule has 0 spiro atoms. The van der Waals surface area contributed by atoms with Crippen LogP contribution in [0.3, 0.4) is 0 Å². The van der Waals surface area contributed by atoms with Gasteiger partial charge < -0.3 is 15.7 Å². The number of pyridine rings is 1. The number of halogens is 4. The van der Waals surface area contributed by atoms with E-state index in [9.17, 15) is 31.5 Å². The molecule has 14 heteroatoms. The van der Waals surface area contributed by atoms with Crippen molar-refractivity contribution in [3.8, 4) is 11.3 Å². The topological polar surface area (TPSA) is 126 Å². The van der Waals surface area contributed by atoms with Gasteiger partial charge in [0.2, 0.25) is 0 Å². The molecule has 2 aliphatic rings. The molecule has 0 bridgehead atoms. The number of aliphatic hydroxyl groups is 1. The fourth-order valence-corrected chi connectivity index (χ4v) is 6.57. The highest BCUT2D eigenvalue weighted by Gasteiger charge is 2.51. The highest BCUT2D eigenvalue weighted by molar-refractivity contribution is 7.91. The Morgan fingerprint density at radius 3 is 2.41 bits per heavy atom. The Bertz CT molecular complexity index is 1350. The first-order valence-corrected chi connectivity index (χ1v) is 15.2. The Labute approximate surface area is 230 Å². The smallest absolute Gasteiger partial charge is 0.388 e. The number of alkyl halides is 3. The molecular formula is C25H33ClF3N5O4S. The van der Waals surface area contributed by atoms with Crippen molar-refractivity contribution in [3.05, 3.63) is 28.5 Å². The lowest BCUT2D eigenvalue weighted by molar-refractivity contribution is -0.138. The van der Waals surface area contributed by atoms with Crippen molar-refractivity contribution >= 4 is 33.2 Å². The van der Waals surface area contributed by atoms with Gasteiger partial charge in [-0.3, -0.25) is 9.48 Å². The Morgan fingerprint density at radius 2 is 1.90 bits per heavy atom. The summed E-state index contributed by atoms with van der Waals surface area (Å²) in [5, 5.41) is 20.4. The van der Waals surface area contributed by atoms with Crippen molar-refractivity contribution in [1.82, 2.24) is 20.1 Å². The first-order valence-electron chi connectivity index (χ1n) is 12.8. The highest BCUT2D eigenvalue weighted by Crippen LogP contribution is 2.47. The summed E-state index contributed by atoms with van der Waals surface area (Å²) in [6.07, 6.45) is -0.585. The fraction of sp³-hybridized carbons (Fsp3) is 0.640. The minimum absolute atomic E-state index is 0.0364. The van der Waals surface area contributed by atoms with Gasteiger partial charge in [0.25, 0.3) is 5.91 Å². The van der Waals surface area contributed by atoms with E-state index < -0.39 is 44.7 Å². The van der Waals surface area contributed by atoms with Crippen LogP contribution in [0, 0.1) is 6.92 Å². The van der Waals surface area contributed by atoms with E-state index in [4.69, 9.17) is 11.6 Å². The van der Waals surface area contributed by atoms with Gasteiger partial charge in [0, 0.05) is 36.6 Å². The Hall–Kier alpha value is -2.38. The highest BCUT2D eigenvalue weighted by atomic mass is 35.5. The number of amides is 1. The number of hydrogen-bond donors (Lipinski definition) is 3. The van der Waals surface area contributed by atoms with Crippen molar-refractivity contribution < 1.29 is 31.5 Å². The van der Waals surface area contributed by atoms with E-state index in [1.165, 1.54) is 12.5 Å². The Morgan fingerprint density at radius 1 is 1.26 bits per heavy atom. The number of nitrogens with one attached hydrogen (secondary N) is 2. The second-order valence-corrected chi connectivity index (χ2v) is 13.5. The molecule has 216 valence electrons. The Balaban J connectivity index is 1.48. The molecule has 0 atom stereocenters. The molecule has 2 heterocycles. The number of aryl methyl sites for hydroxylation is 2. The molecule has 39 heavy (non-hydrogen) atoms. The molecule has 0 aromatic carbocycles. The van der Waals surface area contributed by atoms with Crippen LogP contribution in [0.4, 0.5) is 19.0 Å². The van der Waals surface area contributed by atoms with Gasteiger partial charge in [0.15, 0.2) is 5.69 Å². The van der Waals surface area contributed by atoms with Crippen molar-refractivity contribution in [2.24, 2.45) is 0 Å². The van der Waals surface area contributed by atoms with E-state index >= 15 is 0 Å². The van der Waals surface area contributed by atoms with Crippen molar-refractivity contribution in [2.45, 2.75) is 87.9 Å². The first-order chi connectivity index (χ1) is 18.0. The third-order valence-electron chi connectivity index (χ3n) is 7.61. The number of sulfone groups is 1. The lowest BCUT2D eigenvalue weighted by atomic mass is 9.84. The molecule has 1 amide bonds. The van der Waals surface area contributed by atoms with Gasteiger partial charge in [-0.15, -0.1) is 0 Å². The van der Waals surface area contributed by atoms with E-state index in [2.05, 4.69) is 20.7 Å². The summed E-state index contributed by atoms with van der Waals surface area (Å²) in [6, 6.07) is 1.65. The molecular weight excluding hydrogens is 559 g/mol. The monoisotopic (exact) mass is 591 g/mol. The second kappa shape index (κ2) is 10.5. The number of anilines is 1. The van der Waals surface area contributed by atoms with Gasteiger partial charge in [0.05, 0.1) is 28.0 Å². The maximum atomic E-state index is 13.0. The van der Waals surface area contributed by atoms with Crippen molar-refractivity contribution in [2.75, 3.05) is 18.1 Å². The minimum atomic E-state index is -4.28. The number of aromatic nitrogens is 3. The van der Waals surface area contributed by atoms with E-state index in [-0.39, 0.29) is 30.1 Å². The van der Waals surface area contributed by atoms with Crippen LogP contribution in [0.2, 0.25) is 5.02 Å². The third kappa shape index (κ3) is 6.86. The molecule has 2 aliphatic carbocycles. The van der Waals surface area contributed by atoms with E-state index in [0.29, 0.717) is 54.9 Å². The van der Waals surface area contributed by atoms with Crippen LogP contribution >= 0.6 is 11.6 Å². The number of carbonyl (C=O) groups excluding carboxylic acids is 1. The SMILES string of the molecule is CCn1nc(C(=O)NC[C@]2(O)CC[C@@H](S(C)(=O)=O)CC2)c(Cl)c1-c1cnc(NC2(CC(F)(F)F)CC2)cc1C. The summed E-state index contributed by atoms with van der Waals surface area (Å²) in [5.74, 6) is -0.257. The van der Waals surface area contributed by atoms with E-state index in [0.717, 1.165) is 0 Å². The van der Waals surface area contributed by atoms with Gasteiger partial charge in [0.1, 0.15) is 15.7 Å². The average Bonchev–Trinajstić information content (AvgIpc) is 3.48. The summed E-state index contributed by atoms with van der Waals surface area (Å²) in [6.45, 7) is 3.90. The zero-order valence-electron chi connectivity index (χ0n) is 22.0. The van der Waals surface area contributed by atoms with E-state index in [1.54, 1.807) is 17.7 Å². The maximum absolute atomic E-state index is 13.0. The molecule has 9 nitrogen and oxygen atoms in total. The van der Waals surface area contributed by atoms with Crippen LogP contribution < -0.4 is 10.6 Å². The van der Waals surface area contributed by atoms with Crippen LogP contribution in [-0.2, 0) is 16.4 Å². The molecule has 0 aliphatic heterocycles. The number of hydrogen-bond acceptors (Lipinski definition) is 7. The number of nitrogens with zero attached hydrogens (tertiary/aromatic N) is 3. The summed E-state index contributed by atoms with van der Waals surface area (Å²) in [5.41, 5.74) is -0.571. The summed E-state index contributed by atoms with van der Waals surface area (Å²) in [7, 11) is -3.19. The van der Waals surface area contributed by atoms with Crippen molar-refractivity contribution in [3.63, 3.8) is 0 Å². The third-order valence-corrected chi connectivity index (χ3v) is 9.65. The Kier molecular flexibility index (Phi) is 8.01. The summed E-state index contributed by atoms with van der Waals surface area (Å²) >= 11 is 6.62. The first kappa shape index (κ1) is 29.6. The molecule has 0 unspecified atom stereocenters. The predicted octanol–water partition coefficient (Wildman–Crippen LogP) is 4.27. The van der Waals surface area contributed by atoms with Crippen LogP contribution in [0.15, 0.2) is 12.3 Å². The van der Waals surface area contributed by atoms with Gasteiger partial charge in [-0.1, -0.05) is 11.6 Å². The van der Waals surface area contributed by atoms with Crippen molar-refractivity contribution in [1.29, 1.82) is 0 Å². The molecule has 4 rings (SSSR count). The molecule has 2 fully saturated rings. The predicted molar refractivity (Wildman–Crippen MR) is 142 cm³/mol. The van der Waals surface area contributed by atoms with E-state index in [1.807, 2.05) is 6.92 Å². The van der Waals surface area contributed by atoms with Crippen LogP contribution in [0.1, 0.15) is 67.9 Å². The maximum Gasteiger partial charge on any atom is 0.391 e. The molecule has 3 N–H and O–H groups in total. The summed E-state index contributed by atoms with van der Waals surface area (Å²) < 4.78 is 64.0. The molecule has 0 radical (unpaired) electrons. The molecule has 2 saturated carbocycles. The average molecular weight is 592 g/mol. The summed E-state index contributed by atoms with van der Waals surface area (Å²) in [4.78, 5) is 17.3. The number of rotatable bonds is 9. The van der Waals surface area contributed by atoms with Gasteiger partial charge in [-0.25, -0.2) is 13.4 Å². The lowest BCUT2D eigenvalue weighted by Crippen LogP contribution is -2.47. The standard InChI is InChI=1S/C25H33ClF3N5O4S/c1-4-34-21(17-12-30-18(11-15(17)2)32-23(9-10-23)13-25(27,28)29)19(26)20(33-34)22(35)31-14-24(36)7-5-16(6-8-24)39(3,37)38/h11-12,16,36H,4-10,13-14H2,1-3H3,(H,30,32)(H,31,35)/t16-,24+. The fourth-order valence-electron chi connectivity index (χ4n) is 5.16. The molecule has 0 saturated heterocycles. The minimum Gasteiger partial charge on any atom is -0.388 e. The molecule has 2 aromatic rings. The van der Waals surface area contributed by atoms with Crippen LogP contribution in [0.25, 0.3) is 11.3 Å². The zero-order valence-corrected chi connectivity index (χ0v) is 23.6. The second-order valence-electron chi connectivity index (χ2n) is 10.8. The quantitative estimate of drug-likeness (QED) is 0.397. The number of carbonyl (C=O) groups is 1.